The molecule has 0 bridgehead atoms. The van der Waals surface area contributed by atoms with Crippen LogP contribution in [0.4, 0.5) is 14.5 Å². The summed E-state index contributed by atoms with van der Waals surface area (Å²) in [5.74, 6) is -0.492. The third-order valence-corrected chi connectivity index (χ3v) is 4.56. The van der Waals surface area contributed by atoms with Crippen LogP contribution >= 0.6 is 0 Å². The molecule has 1 N–H and O–H groups in total. The number of carbonyl (C=O) groups excluding carboxylic acids is 1. The number of aromatic nitrogens is 3. The van der Waals surface area contributed by atoms with Gasteiger partial charge in [0, 0.05) is 18.1 Å². The van der Waals surface area contributed by atoms with Crippen molar-refractivity contribution in [1.82, 2.24) is 19.7 Å². The summed E-state index contributed by atoms with van der Waals surface area (Å²) in [6.45, 7) is 2.67. The first kappa shape index (κ1) is 20.2. The molecule has 1 aromatic carbocycles. The zero-order valence-electron chi connectivity index (χ0n) is 15.8. The molecule has 0 fully saturated rings. The summed E-state index contributed by atoms with van der Waals surface area (Å²) in [6.07, 6.45) is 0.731. The number of hydrogen-bond acceptors (Lipinski definition) is 4. The number of halogens is 2. The summed E-state index contributed by atoms with van der Waals surface area (Å²) in [4.78, 5) is 22.5. The standard InChI is InChI=1S/C19H19F2N5O3/c1-12(14-5-7-15(8-6-14)24-9-3-4-10-24)22-16(27)11-25-13(2)18(26(28)29)17(23-25)19(20)21/h3-10,12,19H,11H2,1-2H3,(H,22,27). The summed E-state index contributed by atoms with van der Waals surface area (Å²) in [7, 11) is 0. The minimum absolute atomic E-state index is 0.0934. The van der Waals surface area contributed by atoms with Crippen molar-refractivity contribution in [2.24, 2.45) is 0 Å². The summed E-state index contributed by atoms with van der Waals surface area (Å²) in [5.41, 5.74) is 0.0292. The summed E-state index contributed by atoms with van der Waals surface area (Å²) in [6, 6.07) is 11.1. The molecule has 2 aromatic heterocycles. The molecule has 0 saturated heterocycles. The predicted molar refractivity (Wildman–Crippen MR) is 101 cm³/mol. The number of rotatable bonds is 7. The van der Waals surface area contributed by atoms with Gasteiger partial charge in [-0.3, -0.25) is 19.6 Å². The summed E-state index contributed by atoms with van der Waals surface area (Å²) in [5, 5.41) is 17.3. The van der Waals surface area contributed by atoms with Gasteiger partial charge in [-0.05, 0) is 43.7 Å². The van der Waals surface area contributed by atoms with Crippen molar-refractivity contribution >= 4 is 11.6 Å². The topological polar surface area (TPSA) is 95.0 Å². The smallest absolute Gasteiger partial charge is 0.319 e. The average Bonchev–Trinajstić information content (AvgIpc) is 3.30. The van der Waals surface area contributed by atoms with E-state index in [0.29, 0.717) is 0 Å². The molecule has 0 spiro atoms. The number of hydrogen-bond donors (Lipinski definition) is 1. The van der Waals surface area contributed by atoms with Crippen molar-refractivity contribution in [3.8, 4) is 5.69 Å². The van der Waals surface area contributed by atoms with E-state index in [1.54, 1.807) is 6.92 Å². The fraction of sp³-hybridized carbons (Fsp3) is 0.263. The van der Waals surface area contributed by atoms with E-state index in [4.69, 9.17) is 0 Å². The van der Waals surface area contributed by atoms with E-state index in [1.807, 2.05) is 53.4 Å². The van der Waals surface area contributed by atoms with Crippen molar-refractivity contribution in [2.45, 2.75) is 32.9 Å². The van der Waals surface area contributed by atoms with Gasteiger partial charge in [0.05, 0.1) is 11.0 Å². The van der Waals surface area contributed by atoms with Crippen molar-refractivity contribution in [3.63, 3.8) is 0 Å². The van der Waals surface area contributed by atoms with E-state index in [2.05, 4.69) is 10.4 Å². The average molecular weight is 403 g/mol. The molecular weight excluding hydrogens is 384 g/mol. The van der Waals surface area contributed by atoms with Gasteiger partial charge < -0.3 is 9.88 Å². The van der Waals surface area contributed by atoms with Crippen LogP contribution in [-0.2, 0) is 11.3 Å². The lowest BCUT2D eigenvalue weighted by Crippen LogP contribution is -2.30. The lowest BCUT2D eigenvalue weighted by atomic mass is 10.1. The maximum atomic E-state index is 13.0. The third-order valence-electron chi connectivity index (χ3n) is 4.56. The van der Waals surface area contributed by atoms with E-state index in [0.717, 1.165) is 15.9 Å². The van der Waals surface area contributed by atoms with E-state index >= 15 is 0 Å². The Morgan fingerprint density at radius 3 is 2.38 bits per heavy atom. The van der Waals surface area contributed by atoms with E-state index in [-0.39, 0.29) is 11.7 Å². The molecule has 0 aliphatic rings. The molecule has 152 valence electrons. The second-order valence-electron chi connectivity index (χ2n) is 6.51. The van der Waals surface area contributed by atoms with Crippen molar-refractivity contribution < 1.29 is 18.5 Å². The molecule has 1 atom stereocenters. The SMILES string of the molecule is Cc1c([N+](=O)[O-])c(C(F)F)nn1CC(=O)NC(C)c1ccc(-n2cccc2)cc1. The summed E-state index contributed by atoms with van der Waals surface area (Å²) < 4.78 is 28.9. The van der Waals surface area contributed by atoms with E-state index in [1.165, 1.54) is 6.92 Å². The van der Waals surface area contributed by atoms with E-state index < -0.39 is 35.2 Å². The molecule has 2 heterocycles. The Balaban J connectivity index is 1.69. The molecule has 0 aliphatic carbocycles. The van der Waals surface area contributed by atoms with Gasteiger partial charge in [0.1, 0.15) is 12.2 Å². The normalized spacial score (nSPS) is 12.2. The van der Waals surface area contributed by atoms with Crippen LogP contribution in [0, 0.1) is 17.0 Å². The van der Waals surface area contributed by atoms with Gasteiger partial charge in [-0.2, -0.15) is 5.10 Å². The number of amides is 1. The highest BCUT2D eigenvalue weighted by molar-refractivity contribution is 5.76. The molecule has 0 saturated carbocycles. The quantitative estimate of drug-likeness (QED) is 0.481. The molecule has 3 rings (SSSR count). The second-order valence-corrected chi connectivity index (χ2v) is 6.51. The fourth-order valence-corrected chi connectivity index (χ4v) is 3.03. The van der Waals surface area contributed by atoms with Gasteiger partial charge in [0.2, 0.25) is 11.6 Å². The molecular formula is C19H19F2N5O3. The van der Waals surface area contributed by atoms with Crippen LogP contribution in [0.2, 0.25) is 0 Å². The van der Waals surface area contributed by atoms with Crippen LogP contribution in [0.15, 0.2) is 48.8 Å². The Labute approximate surface area is 164 Å². The summed E-state index contributed by atoms with van der Waals surface area (Å²) >= 11 is 0. The molecule has 29 heavy (non-hydrogen) atoms. The van der Waals surface area contributed by atoms with Gasteiger partial charge in [0.25, 0.3) is 6.43 Å². The monoisotopic (exact) mass is 403 g/mol. The molecule has 1 amide bonds. The molecule has 1 unspecified atom stereocenters. The first-order valence-electron chi connectivity index (χ1n) is 8.80. The third kappa shape index (κ3) is 4.31. The van der Waals surface area contributed by atoms with Gasteiger partial charge in [-0.1, -0.05) is 12.1 Å². The Morgan fingerprint density at radius 2 is 1.86 bits per heavy atom. The van der Waals surface area contributed by atoms with Crippen LogP contribution in [-0.4, -0.2) is 25.2 Å². The lowest BCUT2D eigenvalue weighted by molar-refractivity contribution is -0.386. The molecule has 8 nitrogen and oxygen atoms in total. The first-order chi connectivity index (χ1) is 13.8. The number of nitrogens with one attached hydrogen (secondary N) is 1. The van der Waals surface area contributed by atoms with Gasteiger partial charge >= 0.3 is 5.69 Å². The highest BCUT2D eigenvalue weighted by atomic mass is 19.3. The van der Waals surface area contributed by atoms with Crippen LogP contribution < -0.4 is 5.32 Å². The Kier molecular flexibility index (Phi) is 5.71. The maximum Gasteiger partial charge on any atom is 0.319 e. The van der Waals surface area contributed by atoms with Crippen LogP contribution in [0.25, 0.3) is 5.69 Å². The van der Waals surface area contributed by atoms with Crippen molar-refractivity contribution in [2.75, 3.05) is 0 Å². The van der Waals surface area contributed by atoms with Crippen LogP contribution in [0.5, 0.6) is 0 Å². The van der Waals surface area contributed by atoms with Gasteiger partial charge in [-0.25, -0.2) is 8.78 Å². The minimum atomic E-state index is -3.10. The number of nitrogens with zero attached hydrogens (tertiary/aromatic N) is 4. The van der Waals surface area contributed by atoms with Gasteiger partial charge in [0.15, 0.2) is 0 Å². The first-order valence-corrected chi connectivity index (χ1v) is 8.80. The zero-order chi connectivity index (χ0) is 21.1. The largest absolute Gasteiger partial charge is 0.348 e. The number of alkyl halides is 2. The molecule has 0 aliphatic heterocycles. The minimum Gasteiger partial charge on any atom is -0.348 e. The maximum absolute atomic E-state index is 13.0. The Bertz CT molecular complexity index is 1010. The van der Waals surface area contributed by atoms with Crippen molar-refractivity contribution in [3.05, 3.63) is 75.9 Å². The van der Waals surface area contributed by atoms with Crippen LogP contribution in [0.3, 0.4) is 0 Å². The Hall–Kier alpha value is -3.56. The number of nitro groups is 1. The second kappa shape index (κ2) is 8.21. The van der Waals surface area contributed by atoms with E-state index in [9.17, 15) is 23.7 Å². The molecule has 0 radical (unpaired) electrons. The Morgan fingerprint density at radius 1 is 1.24 bits per heavy atom. The fourth-order valence-electron chi connectivity index (χ4n) is 3.03. The number of benzene rings is 1. The highest BCUT2D eigenvalue weighted by Crippen LogP contribution is 2.30. The molecule has 3 aromatic rings. The predicted octanol–water partition coefficient (Wildman–Crippen LogP) is 3.71. The zero-order valence-corrected chi connectivity index (χ0v) is 15.8. The molecule has 10 heteroatoms. The highest BCUT2D eigenvalue weighted by Gasteiger charge is 2.31. The lowest BCUT2D eigenvalue weighted by Gasteiger charge is -2.15. The van der Waals surface area contributed by atoms with Crippen LogP contribution in [0.1, 0.15) is 36.3 Å². The van der Waals surface area contributed by atoms with Crippen molar-refractivity contribution in [1.29, 1.82) is 0 Å². The number of carbonyl (C=O) groups is 1. The van der Waals surface area contributed by atoms with Gasteiger partial charge in [-0.15, -0.1) is 0 Å².